The average Bonchev–Trinajstić information content (AvgIpc) is 1.61. The van der Waals surface area contributed by atoms with E-state index in [0.717, 1.165) is 83.5 Å². The van der Waals surface area contributed by atoms with E-state index in [1.807, 2.05) is 0 Å². The number of hydrogen-bond acceptors (Lipinski definition) is 6. The van der Waals surface area contributed by atoms with Gasteiger partial charge in [0, 0.05) is 38.5 Å². The van der Waals surface area contributed by atoms with Crippen LogP contribution in [-0.4, -0.2) is 66.5 Å². The van der Waals surface area contributed by atoms with Crippen molar-refractivity contribution in [3.05, 3.63) is 0 Å². The summed E-state index contributed by atoms with van der Waals surface area (Å²) in [4.78, 5) is 61.6. The smallest absolute Gasteiger partial charge is 0.303 e. The summed E-state index contributed by atoms with van der Waals surface area (Å²) in [6.45, 7) is 13.4. The van der Waals surface area contributed by atoms with Crippen molar-refractivity contribution >= 4 is 35.8 Å². The van der Waals surface area contributed by atoms with E-state index in [1.165, 1.54) is 482 Å². The molecule has 0 bridgehead atoms. The first-order valence-corrected chi connectivity index (χ1v) is 52.9. The number of rotatable bonds is 94. The fraction of sp³-hybridized carbons (Fsp3) is 0.943. The van der Waals surface area contributed by atoms with E-state index in [-0.39, 0.29) is 0 Å². The predicted octanol–water partition coefficient (Wildman–Crippen LogP) is 37.2. The summed E-state index contributed by atoms with van der Waals surface area (Å²) in [6, 6.07) is 0. The second kappa shape index (κ2) is 122. The van der Waals surface area contributed by atoms with Gasteiger partial charge in [-0.15, -0.1) is 0 Å². The molecule has 0 aromatic heterocycles. The van der Waals surface area contributed by atoms with E-state index in [1.54, 1.807) is 0 Å². The summed E-state index contributed by atoms with van der Waals surface area (Å²) < 4.78 is 0. The Morgan fingerprint density at radius 3 is 0.220 bits per heavy atom. The molecule has 0 aromatic carbocycles. The second-order valence-electron chi connectivity index (χ2n) is 35.9. The van der Waals surface area contributed by atoms with E-state index >= 15 is 0 Å². The third kappa shape index (κ3) is 150. The molecule has 0 radical (unpaired) electrons. The van der Waals surface area contributed by atoms with Gasteiger partial charge < -0.3 is 30.6 Å². The minimum atomic E-state index is -0.682. The fourth-order valence-corrected chi connectivity index (χ4v) is 15.5. The Morgan fingerprint density at radius 2 is 0.153 bits per heavy atom. The lowest BCUT2D eigenvalue weighted by Gasteiger charge is -2.04. The minimum absolute atomic E-state index is 0.327. The van der Waals surface area contributed by atoms with Gasteiger partial charge in [0.2, 0.25) is 0 Å². The summed E-state index contributed by atoms with van der Waals surface area (Å²) in [5, 5.41) is 50.8. The topological polar surface area (TPSA) is 224 Å². The largest absolute Gasteiger partial charge is 0.481 e. The molecule has 0 saturated carbocycles. The third-order valence-electron chi connectivity index (χ3n) is 23.5. The molecule has 0 saturated heterocycles. The molecule has 118 heavy (non-hydrogen) atoms. The molecule has 12 nitrogen and oxygen atoms in total. The van der Waals surface area contributed by atoms with E-state index in [0.29, 0.717) is 38.5 Å². The normalized spacial score (nSPS) is 10.8. The highest BCUT2D eigenvalue weighted by Gasteiger charge is 2.05. The molecular weight excluding hydrogens is 1470 g/mol. The van der Waals surface area contributed by atoms with Gasteiger partial charge in [0.25, 0.3) is 0 Å². The van der Waals surface area contributed by atoms with Crippen LogP contribution in [0.2, 0.25) is 0 Å². The Kier molecular flexibility index (Phi) is 130. The lowest BCUT2D eigenvalue weighted by molar-refractivity contribution is -0.138. The maximum absolute atomic E-state index is 10.4. The zero-order chi connectivity index (χ0) is 87.9. The molecule has 0 aliphatic carbocycles. The molecule has 0 rings (SSSR count). The van der Waals surface area contributed by atoms with E-state index in [4.69, 9.17) is 30.6 Å². The van der Waals surface area contributed by atoms with E-state index in [9.17, 15) is 28.8 Å². The summed E-state index contributed by atoms with van der Waals surface area (Å²) in [6.07, 6.45) is 119. The van der Waals surface area contributed by atoms with Crippen LogP contribution in [0, 0.1) is 0 Å². The molecule has 0 amide bonds. The van der Waals surface area contributed by atoms with Gasteiger partial charge in [-0.2, -0.15) is 0 Å². The summed E-state index contributed by atoms with van der Waals surface area (Å²) in [7, 11) is 0. The van der Waals surface area contributed by atoms with Gasteiger partial charge in [0.15, 0.2) is 0 Å². The van der Waals surface area contributed by atoms with Crippen LogP contribution in [0.15, 0.2) is 0 Å². The molecule has 0 heterocycles. The molecular formula is C106H212O12. The minimum Gasteiger partial charge on any atom is -0.481 e. The number of aliphatic carboxylic acids is 6. The van der Waals surface area contributed by atoms with Crippen LogP contribution in [0.4, 0.5) is 0 Å². The lowest BCUT2D eigenvalue weighted by atomic mass is 10.0. The first-order chi connectivity index (χ1) is 57.6. The Labute approximate surface area is 736 Å². The SMILES string of the molecule is CCCCCC(=O)O.CCCCCCCCCCCCCCCC(=O)O.CCCCCCCCCCCCCCCCCC(=O)O.CCCCCCCCCCCCCCCCCCCC(=O)O.CCCCCCCCCCCCCCCCCCCCCC(=O)O.CCCCCCCCCCCCCCCCCCCCCCCC(=O)O. The van der Waals surface area contributed by atoms with Crippen LogP contribution in [-0.2, 0) is 28.8 Å². The molecule has 6 N–H and O–H groups in total. The van der Waals surface area contributed by atoms with Crippen LogP contribution >= 0.6 is 0 Å². The monoisotopic (exact) mass is 1680 g/mol. The van der Waals surface area contributed by atoms with Crippen molar-refractivity contribution in [2.24, 2.45) is 0 Å². The molecule has 708 valence electrons. The van der Waals surface area contributed by atoms with Crippen molar-refractivity contribution in [3.8, 4) is 0 Å². The van der Waals surface area contributed by atoms with Crippen molar-refractivity contribution in [1.29, 1.82) is 0 Å². The number of carboxylic acids is 6. The van der Waals surface area contributed by atoms with Crippen molar-refractivity contribution in [3.63, 3.8) is 0 Å². The molecule has 0 spiro atoms. The first kappa shape index (κ1) is 126. The van der Waals surface area contributed by atoms with Crippen molar-refractivity contribution in [1.82, 2.24) is 0 Å². The maximum Gasteiger partial charge on any atom is 0.303 e. The first-order valence-electron chi connectivity index (χ1n) is 52.9. The summed E-state index contributed by atoms with van der Waals surface area (Å²) >= 11 is 0. The zero-order valence-corrected chi connectivity index (χ0v) is 80.6. The predicted molar refractivity (Wildman–Crippen MR) is 514 cm³/mol. The van der Waals surface area contributed by atoms with Gasteiger partial charge in [-0.1, -0.05) is 568 Å². The standard InChI is InChI=1S/C24H48O2.C22H44O2.C20H40O2.C18H36O2.C16H32O2.C6H12O2/c1-2-3-4-5-6-7-8-9-10-11-12-13-14-15-16-17-18-19-20-21-22-23-24(25)26;1-2-3-4-5-6-7-8-9-10-11-12-13-14-15-16-17-18-19-20-21-22(23)24;1-2-3-4-5-6-7-8-9-10-11-12-13-14-15-16-17-18-19-20(21)22;1-2-3-4-5-6-7-8-9-10-11-12-13-14-15-16-17-18(19)20;1-2-3-4-5-6-7-8-9-10-11-12-13-14-15-16(17)18;1-2-3-4-5-6(7)8/h2-23H2,1H3,(H,25,26);2-21H2,1H3,(H,23,24);2-19H2,1H3,(H,21,22);2-17H2,1H3,(H,19,20);2-15H2,1H3,(H,17,18);2-5H2,1H3,(H,7,8). The van der Waals surface area contributed by atoms with Crippen molar-refractivity contribution in [2.75, 3.05) is 0 Å². The summed E-state index contributed by atoms with van der Waals surface area (Å²) in [5.41, 5.74) is 0. The van der Waals surface area contributed by atoms with Crippen LogP contribution in [0.1, 0.15) is 645 Å². The third-order valence-corrected chi connectivity index (χ3v) is 23.5. The highest BCUT2D eigenvalue weighted by Crippen LogP contribution is 2.21. The van der Waals surface area contributed by atoms with Gasteiger partial charge in [0.1, 0.15) is 0 Å². The lowest BCUT2D eigenvalue weighted by Crippen LogP contribution is -1.93. The van der Waals surface area contributed by atoms with Gasteiger partial charge in [-0.3, -0.25) is 28.8 Å². The molecule has 0 aliphatic heterocycles. The summed E-state index contributed by atoms with van der Waals surface area (Å²) in [5.74, 6) is -3.94. The Hall–Kier alpha value is -3.18. The zero-order valence-electron chi connectivity index (χ0n) is 80.6. The Balaban J connectivity index is -0.000000326. The molecule has 12 heteroatoms. The Bertz CT molecular complexity index is 1860. The average molecular weight is 1680 g/mol. The maximum atomic E-state index is 10.4. The molecule has 0 aliphatic rings. The van der Waals surface area contributed by atoms with Crippen molar-refractivity contribution < 1.29 is 59.4 Å². The van der Waals surface area contributed by atoms with Crippen molar-refractivity contribution in [2.45, 2.75) is 645 Å². The van der Waals surface area contributed by atoms with Gasteiger partial charge >= 0.3 is 35.8 Å². The van der Waals surface area contributed by atoms with Crippen LogP contribution < -0.4 is 0 Å². The van der Waals surface area contributed by atoms with Crippen LogP contribution in [0.25, 0.3) is 0 Å². The van der Waals surface area contributed by atoms with Gasteiger partial charge in [-0.05, 0) is 38.5 Å². The number of carbonyl (C=O) groups is 6. The molecule has 0 fully saturated rings. The number of unbranched alkanes of at least 4 members (excludes halogenated alkanes) is 82. The number of hydrogen-bond donors (Lipinski definition) is 6. The van der Waals surface area contributed by atoms with Gasteiger partial charge in [-0.25, -0.2) is 0 Å². The fourth-order valence-electron chi connectivity index (χ4n) is 15.5. The van der Waals surface area contributed by atoms with Crippen LogP contribution in [0.3, 0.4) is 0 Å². The van der Waals surface area contributed by atoms with E-state index < -0.39 is 35.8 Å². The highest BCUT2D eigenvalue weighted by atomic mass is 16.4. The molecule has 0 aromatic rings. The van der Waals surface area contributed by atoms with Gasteiger partial charge in [0.05, 0.1) is 0 Å². The van der Waals surface area contributed by atoms with E-state index in [2.05, 4.69) is 41.5 Å². The second-order valence-corrected chi connectivity index (χ2v) is 35.9. The van der Waals surface area contributed by atoms with Crippen LogP contribution in [0.5, 0.6) is 0 Å². The molecule has 0 atom stereocenters. The highest BCUT2D eigenvalue weighted by molar-refractivity contribution is 5.68. The Morgan fingerprint density at radius 1 is 0.102 bits per heavy atom. The quantitative estimate of drug-likeness (QED) is 0.0313. The number of carboxylic acid groups (broad SMARTS) is 6. The molecule has 0 unspecified atom stereocenters.